The third kappa shape index (κ3) is 2.93. The number of para-hydroxylation sites is 1. The van der Waals surface area contributed by atoms with Gasteiger partial charge in [-0.2, -0.15) is 0 Å². The average Bonchev–Trinajstić information content (AvgIpc) is 2.48. The highest BCUT2D eigenvalue weighted by Crippen LogP contribution is 2.26. The Bertz CT molecular complexity index is 436. The fraction of sp³-hybridized carbons (Fsp3) is 0.538. The highest BCUT2D eigenvalue weighted by Gasteiger charge is 2.44. The molecule has 7 nitrogen and oxygen atoms in total. The van der Waals surface area contributed by atoms with Crippen LogP contribution < -0.4 is 4.74 Å². The van der Waals surface area contributed by atoms with E-state index in [9.17, 15) is 20.4 Å². The molecule has 0 spiro atoms. The van der Waals surface area contributed by atoms with Crippen LogP contribution in [0.25, 0.3) is 0 Å². The molecule has 20 heavy (non-hydrogen) atoms. The molecular weight excluding hydrogens is 268 g/mol. The molecule has 1 heterocycles. The van der Waals surface area contributed by atoms with Gasteiger partial charge in [-0.25, -0.2) is 0 Å². The predicted molar refractivity (Wildman–Crippen MR) is 66.8 cm³/mol. The maximum Gasteiger partial charge on any atom is 0.229 e. The third-order valence-corrected chi connectivity index (χ3v) is 3.23. The van der Waals surface area contributed by atoms with E-state index in [1.54, 1.807) is 24.3 Å². The second-order valence-electron chi connectivity index (χ2n) is 4.58. The maximum atomic E-state index is 9.84. The number of benzene rings is 1. The molecule has 2 rings (SSSR count). The zero-order valence-corrected chi connectivity index (χ0v) is 10.7. The van der Waals surface area contributed by atoms with E-state index < -0.39 is 37.3 Å². The van der Waals surface area contributed by atoms with E-state index >= 15 is 0 Å². The first-order valence-corrected chi connectivity index (χ1v) is 6.24. The molecule has 1 aromatic rings. The molecule has 0 saturated carbocycles. The first kappa shape index (κ1) is 15.2. The van der Waals surface area contributed by atoms with Crippen molar-refractivity contribution >= 4 is 0 Å². The highest BCUT2D eigenvalue weighted by atomic mass is 16.7. The zero-order valence-electron chi connectivity index (χ0n) is 10.7. The number of rotatable bonds is 4. The summed E-state index contributed by atoms with van der Waals surface area (Å²) in [6, 6.07) is 6.61. The summed E-state index contributed by atoms with van der Waals surface area (Å²) in [5.41, 5.74) is 0.490. The predicted octanol–water partition coefficient (Wildman–Crippen LogP) is -1.64. The van der Waals surface area contributed by atoms with Gasteiger partial charge in [-0.05, 0) is 6.07 Å². The smallest absolute Gasteiger partial charge is 0.229 e. The first-order chi connectivity index (χ1) is 9.58. The SMILES string of the molecule is OCc1ccccc1O[C@H]1O[C@H](CO)[C@@H](O)[C@H](O)[C@H]1O. The highest BCUT2D eigenvalue weighted by molar-refractivity contribution is 5.32. The molecule has 5 N–H and O–H groups in total. The van der Waals surface area contributed by atoms with Crippen LogP contribution in [0.15, 0.2) is 24.3 Å². The quantitative estimate of drug-likeness (QED) is 0.450. The van der Waals surface area contributed by atoms with Crippen molar-refractivity contribution < 1.29 is 35.0 Å². The van der Waals surface area contributed by atoms with Gasteiger partial charge in [0.1, 0.15) is 30.2 Å². The van der Waals surface area contributed by atoms with Gasteiger partial charge in [-0.15, -0.1) is 0 Å². The fourth-order valence-corrected chi connectivity index (χ4v) is 2.04. The molecule has 0 bridgehead atoms. The molecule has 7 heteroatoms. The second kappa shape index (κ2) is 6.49. The number of aliphatic hydroxyl groups excluding tert-OH is 5. The van der Waals surface area contributed by atoms with E-state index in [-0.39, 0.29) is 6.61 Å². The largest absolute Gasteiger partial charge is 0.462 e. The van der Waals surface area contributed by atoms with Crippen LogP contribution in [-0.2, 0) is 11.3 Å². The molecule has 1 fully saturated rings. The Labute approximate surface area is 115 Å². The summed E-state index contributed by atoms with van der Waals surface area (Å²) in [7, 11) is 0. The minimum atomic E-state index is -1.49. The standard InChI is InChI=1S/C13H18O7/c14-5-7-3-1-2-4-8(7)19-13-12(18)11(17)10(16)9(6-15)20-13/h1-4,9-18H,5-6H2/t9-,10-,11+,12-,13+/m1/s1. The summed E-state index contributed by atoms with van der Waals surface area (Å²) in [6.45, 7) is -0.778. The summed E-state index contributed by atoms with van der Waals surface area (Å²) in [6.07, 6.45) is -6.67. The van der Waals surface area contributed by atoms with Crippen molar-refractivity contribution in [3.8, 4) is 5.75 Å². The van der Waals surface area contributed by atoms with Crippen molar-refractivity contribution in [2.24, 2.45) is 0 Å². The summed E-state index contributed by atoms with van der Waals surface area (Å²) < 4.78 is 10.6. The zero-order chi connectivity index (χ0) is 14.7. The molecule has 0 unspecified atom stereocenters. The number of hydrogen-bond acceptors (Lipinski definition) is 7. The lowest BCUT2D eigenvalue weighted by Crippen LogP contribution is -2.60. The minimum Gasteiger partial charge on any atom is -0.462 e. The lowest BCUT2D eigenvalue weighted by molar-refractivity contribution is -0.277. The number of aliphatic hydroxyl groups is 5. The van der Waals surface area contributed by atoms with Crippen LogP contribution in [0.4, 0.5) is 0 Å². The van der Waals surface area contributed by atoms with Gasteiger partial charge in [0.2, 0.25) is 6.29 Å². The van der Waals surface area contributed by atoms with Crippen LogP contribution in [0.1, 0.15) is 5.56 Å². The molecule has 1 aliphatic heterocycles. The Morgan fingerprint density at radius 2 is 1.70 bits per heavy atom. The van der Waals surface area contributed by atoms with Crippen LogP contribution in [-0.4, -0.2) is 62.8 Å². The molecule has 0 radical (unpaired) electrons. The lowest BCUT2D eigenvalue weighted by atomic mass is 9.99. The van der Waals surface area contributed by atoms with E-state index in [1.165, 1.54) is 0 Å². The van der Waals surface area contributed by atoms with Crippen LogP contribution in [0.3, 0.4) is 0 Å². The molecule has 0 amide bonds. The van der Waals surface area contributed by atoms with E-state index in [0.717, 1.165) is 0 Å². The van der Waals surface area contributed by atoms with Gasteiger partial charge in [0.15, 0.2) is 0 Å². The monoisotopic (exact) mass is 286 g/mol. The van der Waals surface area contributed by atoms with Crippen LogP contribution in [0, 0.1) is 0 Å². The molecule has 1 aromatic carbocycles. The molecule has 0 aliphatic carbocycles. The van der Waals surface area contributed by atoms with E-state index in [1.807, 2.05) is 0 Å². The van der Waals surface area contributed by atoms with Gasteiger partial charge < -0.3 is 35.0 Å². The van der Waals surface area contributed by atoms with E-state index in [4.69, 9.17) is 14.6 Å². The van der Waals surface area contributed by atoms with Crippen molar-refractivity contribution in [2.75, 3.05) is 6.61 Å². The fourth-order valence-electron chi connectivity index (χ4n) is 2.04. The summed E-state index contributed by atoms with van der Waals surface area (Å²) in [5, 5.41) is 47.4. The summed E-state index contributed by atoms with van der Waals surface area (Å²) >= 11 is 0. The molecule has 1 saturated heterocycles. The summed E-state index contributed by atoms with van der Waals surface area (Å²) in [5.74, 6) is 0.291. The summed E-state index contributed by atoms with van der Waals surface area (Å²) in [4.78, 5) is 0. The molecular formula is C13H18O7. The average molecular weight is 286 g/mol. The van der Waals surface area contributed by atoms with Crippen LogP contribution >= 0.6 is 0 Å². The lowest BCUT2D eigenvalue weighted by Gasteiger charge is -2.39. The van der Waals surface area contributed by atoms with Gasteiger partial charge in [0.05, 0.1) is 13.2 Å². The Balaban J connectivity index is 2.15. The number of hydrogen-bond donors (Lipinski definition) is 5. The third-order valence-electron chi connectivity index (χ3n) is 3.23. The van der Waals surface area contributed by atoms with Crippen molar-refractivity contribution in [3.63, 3.8) is 0 Å². The van der Waals surface area contributed by atoms with Gasteiger partial charge in [-0.1, -0.05) is 18.2 Å². The molecule has 112 valence electrons. The molecule has 5 atom stereocenters. The molecule has 0 aromatic heterocycles. The molecule has 1 aliphatic rings. The van der Waals surface area contributed by atoms with Gasteiger partial charge in [0.25, 0.3) is 0 Å². The van der Waals surface area contributed by atoms with Crippen molar-refractivity contribution in [3.05, 3.63) is 29.8 Å². The van der Waals surface area contributed by atoms with Crippen molar-refractivity contribution in [2.45, 2.75) is 37.3 Å². The van der Waals surface area contributed by atoms with E-state index in [0.29, 0.717) is 11.3 Å². The maximum absolute atomic E-state index is 9.84. The van der Waals surface area contributed by atoms with Crippen LogP contribution in [0.5, 0.6) is 5.75 Å². The second-order valence-corrected chi connectivity index (χ2v) is 4.58. The van der Waals surface area contributed by atoms with Gasteiger partial charge >= 0.3 is 0 Å². The Hall–Kier alpha value is -1.22. The topological polar surface area (TPSA) is 120 Å². The Morgan fingerprint density at radius 1 is 1.00 bits per heavy atom. The Morgan fingerprint density at radius 3 is 2.35 bits per heavy atom. The van der Waals surface area contributed by atoms with Gasteiger partial charge in [-0.3, -0.25) is 0 Å². The Kier molecular flexibility index (Phi) is 4.92. The minimum absolute atomic E-state index is 0.256. The van der Waals surface area contributed by atoms with Crippen LogP contribution in [0.2, 0.25) is 0 Å². The normalized spacial score (nSPS) is 34.0. The van der Waals surface area contributed by atoms with Crippen molar-refractivity contribution in [1.29, 1.82) is 0 Å². The number of ether oxygens (including phenoxy) is 2. The van der Waals surface area contributed by atoms with E-state index in [2.05, 4.69) is 0 Å². The van der Waals surface area contributed by atoms with Gasteiger partial charge in [0, 0.05) is 5.56 Å². The first-order valence-electron chi connectivity index (χ1n) is 6.24. The van der Waals surface area contributed by atoms with Crippen molar-refractivity contribution in [1.82, 2.24) is 0 Å².